The van der Waals surface area contributed by atoms with Crippen LogP contribution in [-0.2, 0) is 4.57 Å². The maximum absolute atomic E-state index is 10.6. The maximum Gasteiger partial charge on any atom is 0.275 e. The van der Waals surface area contributed by atoms with E-state index in [1.165, 1.54) is 11.9 Å². The summed E-state index contributed by atoms with van der Waals surface area (Å²) in [5.41, 5.74) is 0.725. The van der Waals surface area contributed by atoms with E-state index in [-0.39, 0.29) is 0 Å². The Morgan fingerprint density at radius 3 is 2.22 bits per heavy atom. The predicted molar refractivity (Wildman–Crippen MR) is 43.3 cm³/mol. The van der Waals surface area contributed by atoms with Crippen LogP contribution < -0.4 is 0 Å². The van der Waals surface area contributed by atoms with Crippen molar-refractivity contribution in [3.63, 3.8) is 0 Å². The molecule has 4 heteroatoms. The first-order valence-corrected chi connectivity index (χ1v) is 5.85. The molecule has 9 heavy (non-hydrogen) atoms. The summed E-state index contributed by atoms with van der Waals surface area (Å²) >= 11 is 10.4. The summed E-state index contributed by atoms with van der Waals surface area (Å²) in [7, 11) is 0. The number of hydrogen-bond donors (Lipinski definition) is 0. The van der Waals surface area contributed by atoms with Gasteiger partial charge in [-0.05, 0) is 35.0 Å². The van der Waals surface area contributed by atoms with Crippen molar-refractivity contribution in [3.8, 4) is 0 Å². The fourth-order valence-electron chi connectivity index (χ4n) is 0.290. The molecule has 0 N–H and O–H groups in total. The standard InChI is InChI=1S/C5H7Cl2OP/c1-3-5(2)4-9(6,7)8/h3-4H,1H2,2H3. The highest BCUT2D eigenvalue weighted by atomic mass is 35.9. The zero-order chi connectivity index (χ0) is 7.49. The van der Waals surface area contributed by atoms with Gasteiger partial charge in [-0.2, -0.15) is 0 Å². The van der Waals surface area contributed by atoms with Gasteiger partial charge in [0.05, 0.1) is 0 Å². The Morgan fingerprint density at radius 2 is 2.11 bits per heavy atom. The molecule has 0 saturated heterocycles. The molecular weight excluding hydrogens is 178 g/mol. The molecule has 0 aliphatic rings. The number of allylic oxidation sites excluding steroid dienone is 2. The molecule has 0 heterocycles. The Morgan fingerprint density at radius 1 is 1.67 bits per heavy atom. The van der Waals surface area contributed by atoms with Crippen molar-refractivity contribution < 1.29 is 4.57 Å². The van der Waals surface area contributed by atoms with Gasteiger partial charge in [0.1, 0.15) is 0 Å². The van der Waals surface area contributed by atoms with E-state index in [1.54, 1.807) is 6.92 Å². The third kappa shape index (κ3) is 6.17. The Kier molecular flexibility index (Phi) is 3.57. The summed E-state index contributed by atoms with van der Waals surface area (Å²) in [4.78, 5) is 0. The van der Waals surface area contributed by atoms with Crippen molar-refractivity contribution in [1.29, 1.82) is 0 Å². The van der Waals surface area contributed by atoms with Crippen LogP contribution in [0.15, 0.2) is 24.0 Å². The van der Waals surface area contributed by atoms with Crippen molar-refractivity contribution in [2.45, 2.75) is 6.92 Å². The van der Waals surface area contributed by atoms with Crippen LogP contribution in [0, 0.1) is 0 Å². The number of rotatable bonds is 2. The third-order valence-corrected chi connectivity index (χ3v) is 1.97. The molecule has 0 spiro atoms. The van der Waals surface area contributed by atoms with E-state index in [0.717, 1.165) is 5.57 Å². The van der Waals surface area contributed by atoms with Crippen LogP contribution in [0.4, 0.5) is 0 Å². The molecule has 0 fully saturated rings. The minimum atomic E-state index is -3.03. The van der Waals surface area contributed by atoms with Crippen LogP contribution >= 0.6 is 28.3 Å². The minimum absolute atomic E-state index is 0.725. The van der Waals surface area contributed by atoms with Crippen LogP contribution in [-0.4, -0.2) is 0 Å². The van der Waals surface area contributed by atoms with Gasteiger partial charge in [0.2, 0.25) is 0 Å². The van der Waals surface area contributed by atoms with E-state index in [2.05, 4.69) is 6.58 Å². The Hall–Kier alpha value is 0.290. The second-order valence-electron chi connectivity index (χ2n) is 1.58. The van der Waals surface area contributed by atoms with Gasteiger partial charge >= 0.3 is 0 Å². The molecule has 52 valence electrons. The molecule has 0 aromatic carbocycles. The van der Waals surface area contributed by atoms with E-state index in [0.29, 0.717) is 0 Å². The Labute approximate surface area is 64.3 Å². The van der Waals surface area contributed by atoms with E-state index in [9.17, 15) is 4.57 Å². The number of hydrogen-bond acceptors (Lipinski definition) is 1. The normalized spacial score (nSPS) is 13.4. The Balaban J connectivity index is 4.30. The van der Waals surface area contributed by atoms with Crippen LogP contribution in [0.25, 0.3) is 0 Å². The third-order valence-electron chi connectivity index (χ3n) is 0.676. The summed E-state index contributed by atoms with van der Waals surface area (Å²) in [6, 6.07) is 0. The van der Waals surface area contributed by atoms with Gasteiger partial charge in [0, 0.05) is 5.82 Å². The lowest BCUT2D eigenvalue weighted by Gasteiger charge is -1.92. The summed E-state index contributed by atoms with van der Waals surface area (Å²) in [5, 5.41) is 0. The molecule has 0 radical (unpaired) electrons. The molecule has 1 nitrogen and oxygen atoms in total. The van der Waals surface area contributed by atoms with Crippen LogP contribution in [0.5, 0.6) is 0 Å². The zero-order valence-corrected chi connectivity index (χ0v) is 7.38. The molecule has 0 unspecified atom stereocenters. The van der Waals surface area contributed by atoms with Crippen molar-refractivity contribution in [3.05, 3.63) is 24.0 Å². The van der Waals surface area contributed by atoms with Crippen molar-refractivity contribution in [2.75, 3.05) is 0 Å². The molecule has 0 amide bonds. The van der Waals surface area contributed by atoms with Crippen LogP contribution in [0.2, 0.25) is 0 Å². The average molecular weight is 185 g/mol. The summed E-state index contributed by atoms with van der Waals surface area (Å²) in [5.74, 6) is -1.73. The molecule has 0 aromatic rings. The number of halogens is 2. The second kappa shape index (κ2) is 3.46. The van der Waals surface area contributed by atoms with Crippen molar-refractivity contribution in [2.24, 2.45) is 0 Å². The van der Waals surface area contributed by atoms with Crippen LogP contribution in [0.3, 0.4) is 0 Å². The maximum atomic E-state index is 10.6. The largest absolute Gasteiger partial charge is 0.285 e. The van der Waals surface area contributed by atoms with Crippen molar-refractivity contribution in [1.82, 2.24) is 0 Å². The predicted octanol–water partition coefficient (Wildman–Crippen LogP) is 3.75. The zero-order valence-electron chi connectivity index (χ0n) is 4.97. The molecule has 0 rings (SSSR count). The summed E-state index contributed by atoms with van der Waals surface area (Å²) in [6.07, 6.45) is 1.54. The summed E-state index contributed by atoms with van der Waals surface area (Å²) in [6.45, 7) is 5.16. The Bertz CT molecular complexity index is 179. The highest BCUT2D eigenvalue weighted by Crippen LogP contribution is 2.58. The van der Waals surface area contributed by atoms with Gasteiger partial charge in [-0.1, -0.05) is 12.7 Å². The molecule has 0 aliphatic heterocycles. The van der Waals surface area contributed by atoms with E-state index in [4.69, 9.17) is 22.5 Å². The van der Waals surface area contributed by atoms with Gasteiger partial charge in [-0.25, -0.2) is 0 Å². The lowest BCUT2D eigenvalue weighted by atomic mass is 10.4. The first kappa shape index (κ1) is 9.29. The fourth-order valence-corrected chi connectivity index (χ4v) is 1.79. The van der Waals surface area contributed by atoms with E-state index >= 15 is 0 Å². The van der Waals surface area contributed by atoms with Crippen molar-refractivity contribution >= 4 is 28.3 Å². The smallest absolute Gasteiger partial charge is 0.275 e. The summed E-state index contributed by atoms with van der Waals surface area (Å²) < 4.78 is 10.6. The highest BCUT2D eigenvalue weighted by molar-refractivity contribution is 8.10. The van der Waals surface area contributed by atoms with Crippen LogP contribution in [0.1, 0.15) is 6.92 Å². The SMILES string of the molecule is C=CC(C)=CP(=O)(Cl)Cl. The topological polar surface area (TPSA) is 17.1 Å². The molecular formula is C5H7Cl2OP. The second-order valence-corrected chi connectivity index (χ2v) is 6.38. The first-order valence-electron chi connectivity index (χ1n) is 2.26. The average Bonchev–Trinajstić information content (AvgIpc) is 1.62. The van der Waals surface area contributed by atoms with Gasteiger partial charge in [-0.3, -0.25) is 4.57 Å². The monoisotopic (exact) mass is 184 g/mol. The minimum Gasteiger partial charge on any atom is -0.285 e. The molecule has 0 bridgehead atoms. The molecule has 0 aliphatic carbocycles. The molecule has 0 saturated carbocycles. The van der Waals surface area contributed by atoms with Gasteiger partial charge in [-0.15, -0.1) is 0 Å². The van der Waals surface area contributed by atoms with Gasteiger partial charge in [0.15, 0.2) is 0 Å². The van der Waals surface area contributed by atoms with Gasteiger partial charge < -0.3 is 0 Å². The van der Waals surface area contributed by atoms with E-state index in [1.807, 2.05) is 0 Å². The fraction of sp³-hybridized carbons (Fsp3) is 0.200. The highest BCUT2D eigenvalue weighted by Gasteiger charge is 2.07. The quantitative estimate of drug-likeness (QED) is 0.472. The lowest BCUT2D eigenvalue weighted by Crippen LogP contribution is -1.61. The molecule has 0 aromatic heterocycles. The van der Waals surface area contributed by atoms with E-state index < -0.39 is 5.85 Å². The molecule has 0 atom stereocenters. The first-order chi connectivity index (χ1) is 3.95. The lowest BCUT2D eigenvalue weighted by molar-refractivity contribution is 0.597. The van der Waals surface area contributed by atoms with Gasteiger partial charge in [0.25, 0.3) is 5.85 Å².